The number of carbonyl (C=O) groups is 10. The fourth-order valence-electron chi connectivity index (χ4n) is 6.47. The van der Waals surface area contributed by atoms with Gasteiger partial charge in [0.1, 0.15) is 55.1 Å². The number of carbonyl (C=O) groups excluding carboxylic acids is 7. The van der Waals surface area contributed by atoms with Crippen molar-refractivity contribution in [3.8, 4) is 0 Å². The minimum atomic E-state index is -2.06. The molecule has 31 heteroatoms. The Balaban J connectivity index is 6.64. The molecule has 0 aromatic rings. The summed E-state index contributed by atoms with van der Waals surface area (Å²) < 4.78 is 4.99. The molecule has 0 aliphatic rings. The molecule has 0 unspecified atom stereocenters. The zero-order valence-corrected chi connectivity index (χ0v) is 42.5. The lowest BCUT2D eigenvalue weighted by Crippen LogP contribution is -2.50. The number of ether oxygens (including phenoxy) is 1. The van der Waals surface area contributed by atoms with Crippen molar-refractivity contribution in [2.75, 3.05) is 58.0 Å². The smallest absolute Gasteiger partial charge is 0.327 e. The summed E-state index contributed by atoms with van der Waals surface area (Å²) in [4.78, 5) is 128. The van der Waals surface area contributed by atoms with E-state index < -0.39 is 222 Å². The van der Waals surface area contributed by atoms with Crippen molar-refractivity contribution in [2.45, 2.75) is 132 Å². The summed E-state index contributed by atoms with van der Waals surface area (Å²) in [6, 6.07) is -3.37. The number of aliphatic carboxylic acids is 3. The first-order valence-corrected chi connectivity index (χ1v) is 25.8. The maximum Gasteiger partial charge on any atom is 0.327 e. The van der Waals surface area contributed by atoms with Crippen LogP contribution in [0.1, 0.15) is 71.1 Å². The van der Waals surface area contributed by atoms with Crippen molar-refractivity contribution >= 4 is 80.7 Å². The van der Waals surface area contributed by atoms with E-state index in [1.807, 2.05) is 0 Å². The van der Waals surface area contributed by atoms with Crippen LogP contribution in [0.2, 0.25) is 0 Å². The molecule has 0 saturated carbocycles. The molecule has 0 radical (unpaired) electrons. The quantitative estimate of drug-likeness (QED) is 0.0153. The topological polar surface area (TPSA) is 503 Å². The van der Waals surface area contributed by atoms with Gasteiger partial charge in [0.2, 0.25) is 23.6 Å². The number of rotatable bonds is 43. The lowest BCUT2D eigenvalue weighted by molar-refractivity contribution is -0.142. The largest absolute Gasteiger partial charge is 0.481 e. The van der Waals surface area contributed by atoms with Crippen LogP contribution in [0.3, 0.4) is 0 Å². The molecule has 0 aliphatic heterocycles. The zero-order chi connectivity index (χ0) is 56.7. The third-order valence-electron chi connectivity index (χ3n) is 11.1. The third kappa shape index (κ3) is 28.9. The zero-order valence-electron chi connectivity index (χ0n) is 40.9. The molecule has 0 bridgehead atoms. The lowest BCUT2D eigenvalue weighted by Gasteiger charge is -2.26. The Hall–Kier alpha value is -4.64. The second-order valence-electron chi connectivity index (χ2n) is 17.1. The minimum Gasteiger partial charge on any atom is -0.481 e. The van der Waals surface area contributed by atoms with E-state index >= 15 is 0 Å². The fraction of sp³-hybridized carbons (Fsp3) is 0.767. The summed E-state index contributed by atoms with van der Waals surface area (Å²) in [5.74, 6) is -14.5. The number of aliphatic hydroxyl groups excluding tert-OH is 10. The molecule has 0 heterocycles. The van der Waals surface area contributed by atoms with Crippen LogP contribution in [-0.2, 0) is 52.7 Å². The molecular weight excluding hydrogens is 1030 g/mol. The average Bonchev–Trinajstić information content (AvgIpc) is 3.36. The van der Waals surface area contributed by atoms with Crippen molar-refractivity contribution in [3.05, 3.63) is 0 Å². The third-order valence-corrected chi connectivity index (χ3v) is 13.5. The Morgan fingerprint density at radius 1 is 0.541 bits per heavy atom. The number of hydrogen-bond donors (Lipinski definition) is 18. The monoisotopic (exact) mass is 1110 g/mol. The van der Waals surface area contributed by atoms with E-state index in [9.17, 15) is 99.0 Å². The molecule has 0 fully saturated rings. The molecule has 13 atom stereocenters. The molecule has 0 rings (SSSR count). The maximum absolute atomic E-state index is 14.1. The number of hydrogen-bond acceptors (Lipinski definition) is 24. The summed E-state index contributed by atoms with van der Waals surface area (Å²) in [6.45, 7) is -2.12. The highest BCUT2D eigenvalue weighted by Crippen LogP contribution is 2.24. The van der Waals surface area contributed by atoms with Gasteiger partial charge in [-0.3, -0.25) is 43.2 Å². The Morgan fingerprint density at radius 3 is 1.41 bits per heavy atom. The molecule has 29 nitrogen and oxygen atoms in total. The molecule has 0 aromatic carbocycles. The molecule has 0 spiro atoms. The number of esters is 1. The van der Waals surface area contributed by atoms with E-state index in [0.29, 0.717) is 0 Å². The van der Waals surface area contributed by atoms with Crippen molar-refractivity contribution in [3.63, 3.8) is 0 Å². The highest BCUT2D eigenvalue weighted by Gasteiger charge is 2.35. The lowest BCUT2D eigenvalue weighted by atomic mass is 9.88. The van der Waals surface area contributed by atoms with Crippen LogP contribution in [0.5, 0.6) is 0 Å². The molecule has 4 amide bonds. The summed E-state index contributed by atoms with van der Waals surface area (Å²) in [6.07, 6.45) is -21.4. The summed E-state index contributed by atoms with van der Waals surface area (Å²) in [5.41, 5.74) is 0. The molecule has 0 aromatic heterocycles. The minimum absolute atomic E-state index is 0.0306. The van der Waals surface area contributed by atoms with Gasteiger partial charge in [0.05, 0.1) is 38.0 Å². The number of carboxylic acid groups (broad SMARTS) is 3. The number of Topliss-reactive ketones (excluding diaryl/α,β-unsaturated/α-hetero) is 2. The van der Waals surface area contributed by atoms with E-state index in [1.54, 1.807) is 0 Å². The molecule has 0 aliphatic carbocycles. The van der Waals surface area contributed by atoms with E-state index in [1.165, 1.54) is 14.0 Å². The van der Waals surface area contributed by atoms with Crippen molar-refractivity contribution in [1.82, 2.24) is 26.6 Å². The second-order valence-corrected chi connectivity index (χ2v) is 19.7. The molecule has 426 valence electrons. The van der Waals surface area contributed by atoms with Crippen LogP contribution >= 0.6 is 21.6 Å². The first kappa shape index (κ1) is 69.4. The van der Waals surface area contributed by atoms with Gasteiger partial charge >= 0.3 is 23.9 Å². The number of aliphatic hydroxyl groups is 10. The predicted octanol–water partition coefficient (Wildman–Crippen LogP) is -6.63. The number of ketones is 2. The molecule has 74 heavy (non-hydrogen) atoms. The van der Waals surface area contributed by atoms with Gasteiger partial charge in [-0.15, -0.1) is 0 Å². The maximum atomic E-state index is 14.1. The van der Waals surface area contributed by atoms with Crippen LogP contribution < -0.4 is 26.6 Å². The van der Waals surface area contributed by atoms with E-state index in [0.717, 1.165) is 21.6 Å². The van der Waals surface area contributed by atoms with Gasteiger partial charge in [0.25, 0.3) is 0 Å². The highest BCUT2D eigenvalue weighted by molar-refractivity contribution is 8.76. The van der Waals surface area contributed by atoms with E-state index in [-0.39, 0.29) is 31.1 Å². The van der Waals surface area contributed by atoms with Gasteiger partial charge < -0.3 is 97.7 Å². The first-order valence-electron chi connectivity index (χ1n) is 23.3. The molecule has 18 N–H and O–H groups in total. The molecular formula is C43H73N5O24S2. The van der Waals surface area contributed by atoms with E-state index in [2.05, 4.69) is 26.6 Å². The van der Waals surface area contributed by atoms with Gasteiger partial charge in [0, 0.05) is 80.9 Å². The normalized spacial score (nSPS) is 16.7. The highest BCUT2D eigenvalue weighted by atomic mass is 33.1. The number of likely N-dealkylation sites (N-methyl/N-ethyl adjacent to an activating group) is 1. The van der Waals surface area contributed by atoms with E-state index in [4.69, 9.17) is 20.1 Å². The van der Waals surface area contributed by atoms with Crippen molar-refractivity contribution < 1.29 is 119 Å². The second kappa shape index (κ2) is 38.0. The van der Waals surface area contributed by atoms with Gasteiger partial charge in [-0.05, 0) is 32.7 Å². The number of carboxylic acids is 3. The Bertz CT molecular complexity index is 1800. The first-order chi connectivity index (χ1) is 34.7. The van der Waals surface area contributed by atoms with Gasteiger partial charge in [-0.25, -0.2) is 4.79 Å². The Kier molecular flexibility index (Phi) is 35.6. The van der Waals surface area contributed by atoms with Gasteiger partial charge in [-0.2, -0.15) is 0 Å². The van der Waals surface area contributed by atoms with Crippen molar-refractivity contribution in [2.24, 2.45) is 17.8 Å². The average molecular weight is 1110 g/mol. The standard InChI is InChI=1S/C43H73N5O24S2/c1-21(3-9-34(59)60)26(51)13-22(4-7-32(57)45-15-28(53)37(64)39(66)30(55)18-49)41(68)47-24(6-10-35(61)62)27(52)14-23(5-8-33(58)46-16-29(54)38(65)40(67)31(56)19-50)42(69)48-25(43(70)71)20-74-73-12-11-72-36(63)17-44-2/h21-25,28-31,37-40,44,49-50,53-56,64-67H,3-20H2,1-2H3,(H,45,57)(H,46,58)(H,47,68)(H,48,69)(H,59,60)(H,61,62)(H,70,71)/t21-,22-,23-,24-,25-,28+,29+,30-,31-,37-,38-,39-,40-/m1/s1. The van der Waals surface area contributed by atoms with Crippen molar-refractivity contribution in [1.29, 1.82) is 0 Å². The van der Waals surface area contributed by atoms with Gasteiger partial charge in [0.15, 0.2) is 5.78 Å². The Labute approximate surface area is 433 Å². The van der Waals surface area contributed by atoms with Crippen LogP contribution in [0, 0.1) is 17.8 Å². The van der Waals surface area contributed by atoms with Crippen LogP contribution in [-0.4, -0.2) is 244 Å². The number of amides is 4. The molecule has 0 saturated heterocycles. The van der Waals surface area contributed by atoms with Crippen LogP contribution in [0.4, 0.5) is 0 Å². The fourth-order valence-corrected chi connectivity index (χ4v) is 8.45. The Morgan fingerprint density at radius 2 is 0.973 bits per heavy atom. The predicted molar refractivity (Wildman–Crippen MR) is 257 cm³/mol. The van der Waals surface area contributed by atoms with Gasteiger partial charge in [-0.1, -0.05) is 28.5 Å². The summed E-state index contributed by atoms with van der Waals surface area (Å²) >= 11 is 0. The van der Waals surface area contributed by atoms with Crippen LogP contribution in [0.15, 0.2) is 0 Å². The SMILES string of the molecule is CNCC(=O)OCCSSC[C@@H](NC(=O)[C@H](CCC(=O)NC[C@H](O)[C@@H](O)[C@H](O)[C@H](O)CO)CC(=O)[C@@H](CCC(=O)O)NC(=O)[C@H](CCC(=O)NC[C@H](O)[C@@H](O)[C@H](O)[C@H](O)CO)CC(=O)[C@H](C)CCC(=O)O)C(=O)O. The summed E-state index contributed by atoms with van der Waals surface area (Å²) in [7, 11) is 3.60. The summed E-state index contributed by atoms with van der Waals surface area (Å²) in [5, 5.41) is 138. The van der Waals surface area contributed by atoms with Crippen LogP contribution in [0.25, 0.3) is 0 Å². The number of nitrogens with one attached hydrogen (secondary N) is 5.